The summed E-state index contributed by atoms with van der Waals surface area (Å²) in [6.45, 7) is 1.52. The molecule has 0 saturated carbocycles. The van der Waals surface area contributed by atoms with E-state index in [-0.39, 0.29) is 10.6 Å². The van der Waals surface area contributed by atoms with E-state index in [0.29, 0.717) is 5.02 Å². The normalized spacial score (nSPS) is 15.8. The van der Waals surface area contributed by atoms with E-state index in [1.165, 1.54) is 48.4 Å². The van der Waals surface area contributed by atoms with Gasteiger partial charge in [-0.15, -0.1) is 11.6 Å². The van der Waals surface area contributed by atoms with E-state index >= 15 is 0 Å². The summed E-state index contributed by atoms with van der Waals surface area (Å²) < 4.78 is -0.373. The summed E-state index contributed by atoms with van der Waals surface area (Å²) >= 11 is 30.3. The number of rotatable bonds is 6. The van der Waals surface area contributed by atoms with Crippen LogP contribution in [0.2, 0.25) is 10.0 Å². The van der Waals surface area contributed by atoms with E-state index in [0.717, 1.165) is 0 Å². The summed E-state index contributed by atoms with van der Waals surface area (Å²) in [4.78, 5) is 16.9. The van der Waals surface area contributed by atoms with Crippen LogP contribution in [0, 0.1) is 0 Å². The SMILES string of the molecule is CC(Cl)C(Cl)(Cl)C(O)C(C(=O)c1ccc(Cl)cc1Cl)n1ccnc1. The van der Waals surface area contributed by atoms with Crippen LogP contribution in [0.1, 0.15) is 23.3 Å². The lowest BCUT2D eigenvalue weighted by Gasteiger charge is -2.33. The molecule has 2 rings (SSSR count). The van der Waals surface area contributed by atoms with E-state index in [2.05, 4.69) is 4.98 Å². The molecule has 130 valence electrons. The van der Waals surface area contributed by atoms with Crippen molar-refractivity contribution in [2.75, 3.05) is 0 Å². The summed E-state index contributed by atoms with van der Waals surface area (Å²) in [6, 6.07) is 3.27. The van der Waals surface area contributed by atoms with E-state index in [1.807, 2.05) is 0 Å². The molecule has 24 heavy (non-hydrogen) atoms. The minimum atomic E-state index is -1.77. The summed E-state index contributed by atoms with van der Waals surface area (Å²) in [5.74, 6) is -0.495. The van der Waals surface area contributed by atoms with Gasteiger partial charge in [-0.1, -0.05) is 46.4 Å². The number of aliphatic hydroxyl groups excluding tert-OH is 1. The van der Waals surface area contributed by atoms with Gasteiger partial charge in [0.05, 0.1) is 16.7 Å². The number of hydrogen-bond acceptors (Lipinski definition) is 3. The molecule has 4 nitrogen and oxygen atoms in total. The predicted octanol–water partition coefficient (Wildman–Crippen LogP) is 4.78. The van der Waals surface area contributed by atoms with Gasteiger partial charge in [-0.05, 0) is 25.1 Å². The third kappa shape index (κ3) is 4.01. The van der Waals surface area contributed by atoms with Crippen molar-refractivity contribution in [3.63, 3.8) is 0 Å². The molecule has 1 N–H and O–H groups in total. The monoisotopic (exact) mass is 428 g/mol. The molecule has 0 saturated heterocycles. The Balaban J connectivity index is 2.49. The predicted molar refractivity (Wildman–Crippen MR) is 97.8 cm³/mol. The molecular weight excluding hydrogens is 417 g/mol. The number of carbonyl (C=O) groups is 1. The zero-order valence-electron chi connectivity index (χ0n) is 12.3. The van der Waals surface area contributed by atoms with Gasteiger partial charge < -0.3 is 9.67 Å². The van der Waals surface area contributed by atoms with Gasteiger partial charge >= 0.3 is 0 Å². The number of aromatic nitrogens is 2. The van der Waals surface area contributed by atoms with Gasteiger partial charge in [-0.25, -0.2) is 4.98 Å². The van der Waals surface area contributed by atoms with Crippen molar-refractivity contribution >= 4 is 63.8 Å². The highest BCUT2D eigenvalue weighted by molar-refractivity contribution is 6.53. The van der Waals surface area contributed by atoms with Gasteiger partial charge in [0.15, 0.2) is 10.1 Å². The average Bonchev–Trinajstić information content (AvgIpc) is 3.00. The van der Waals surface area contributed by atoms with Gasteiger partial charge in [0.25, 0.3) is 0 Å². The molecule has 0 aliphatic carbocycles. The fourth-order valence-corrected chi connectivity index (χ4v) is 3.04. The number of benzene rings is 1. The molecule has 0 aliphatic heterocycles. The van der Waals surface area contributed by atoms with Gasteiger partial charge in [-0.3, -0.25) is 4.79 Å². The van der Waals surface area contributed by atoms with Crippen LogP contribution >= 0.6 is 58.0 Å². The standard InChI is InChI=1S/C15H13Cl5N2O2/c1-8(16)15(19,20)14(24)12(22-5-4-21-7-22)13(23)10-3-2-9(17)6-11(10)18/h2-8,12,14,24H,1H3. The lowest BCUT2D eigenvalue weighted by Crippen LogP contribution is -2.46. The van der Waals surface area contributed by atoms with Crippen LogP contribution < -0.4 is 0 Å². The van der Waals surface area contributed by atoms with Crippen molar-refractivity contribution < 1.29 is 9.90 Å². The average molecular weight is 431 g/mol. The molecule has 1 heterocycles. The Kier molecular flexibility index (Phi) is 6.46. The highest BCUT2D eigenvalue weighted by Crippen LogP contribution is 2.39. The number of imidazole rings is 1. The quantitative estimate of drug-likeness (QED) is 0.530. The summed E-state index contributed by atoms with van der Waals surface area (Å²) in [5, 5.41) is 10.4. The smallest absolute Gasteiger partial charge is 0.189 e. The van der Waals surface area contributed by atoms with Crippen molar-refractivity contribution in [3.05, 3.63) is 52.5 Å². The number of nitrogens with zero attached hydrogens (tertiary/aromatic N) is 2. The minimum absolute atomic E-state index is 0.151. The van der Waals surface area contributed by atoms with Crippen molar-refractivity contribution in [2.45, 2.75) is 28.8 Å². The molecule has 3 unspecified atom stereocenters. The topological polar surface area (TPSA) is 55.1 Å². The lowest BCUT2D eigenvalue weighted by molar-refractivity contribution is 0.0648. The van der Waals surface area contributed by atoms with E-state index in [1.54, 1.807) is 0 Å². The highest BCUT2D eigenvalue weighted by Gasteiger charge is 2.46. The number of hydrogen-bond donors (Lipinski definition) is 1. The first-order chi connectivity index (χ1) is 11.2. The van der Waals surface area contributed by atoms with Gasteiger partial charge in [-0.2, -0.15) is 0 Å². The third-order valence-corrected chi connectivity index (χ3v) is 5.75. The number of ketones is 1. The van der Waals surface area contributed by atoms with Crippen LogP contribution in [-0.4, -0.2) is 36.3 Å². The van der Waals surface area contributed by atoms with Crippen LogP contribution in [0.4, 0.5) is 0 Å². The van der Waals surface area contributed by atoms with Crippen molar-refractivity contribution in [1.82, 2.24) is 9.55 Å². The van der Waals surface area contributed by atoms with Gasteiger partial charge in [0.1, 0.15) is 12.1 Å². The molecule has 0 bridgehead atoms. The molecule has 0 fully saturated rings. The summed E-state index contributed by atoms with van der Waals surface area (Å²) in [7, 11) is 0. The van der Waals surface area contributed by atoms with Crippen molar-refractivity contribution in [2.24, 2.45) is 0 Å². The highest BCUT2D eigenvalue weighted by atomic mass is 35.5. The Labute approximate surface area is 164 Å². The summed E-state index contributed by atoms with van der Waals surface area (Å²) in [5.41, 5.74) is 0.171. The maximum absolute atomic E-state index is 13.0. The lowest BCUT2D eigenvalue weighted by atomic mass is 9.96. The fourth-order valence-electron chi connectivity index (χ4n) is 2.17. The second-order valence-electron chi connectivity index (χ2n) is 5.18. The number of halogens is 5. The third-order valence-electron chi connectivity index (χ3n) is 3.54. The molecule has 9 heteroatoms. The first-order valence-corrected chi connectivity index (χ1v) is 8.77. The first-order valence-electron chi connectivity index (χ1n) is 6.83. The molecule has 0 aliphatic rings. The Morgan fingerprint density at radius 3 is 2.50 bits per heavy atom. The number of carbonyl (C=O) groups excluding carboxylic acids is 1. The Bertz CT molecular complexity index is 719. The largest absolute Gasteiger partial charge is 0.387 e. The zero-order chi connectivity index (χ0) is 18.1. The van der Waals surface area contributed by atoms with Gasteiger partial charge in [0.2, 0.25) is 0 Å². The second-order valence-corrected chi connectivity index (χ2v) is 8.12. The summed E-state index contributed by atoms with van der Waals surface area (Å²) in [6.07, 6.45) is 2.84. The number of alkyl halides is 3. The van der Waals surface area contributed by atoms with Gasteiger partial charge in [0, 0.05) is 23.0 Å². The van der Waals surface area contributed by atoms with Crippen LogP contribution in [0.15, 0.2) is 36.9 Å². The molecule has 0 spiro atoms. The maximum Gasteiger partial charge on any atom is 0.189 e. The van der Waals surface area contributed by atoms with E-state index in [4.69, 9.17) is 58.0 Å². The first kappa shape index (κ1) is 19.8. The van der Waals surface area contributed by atoms with E-state index in [9.17, 15) is 9.90 Å². The second kappa shape index (κ2) is 7.81. The molecule has 0 amide bonds. The molecule has 0 radical (unpaired) electrons. The molecule has 1 aromatic heterocycles. The molecule has 1 aromatic carbocycles. The van der Waals surface area contributed by atoms with E-state index < -0.39 is 27.6 Å². The molecule has 2 aromatic rings. The minimum Gasteiger partial charge on any atom is -0.387 e. The Morgan fingerprint density at radius 2 is 2.00 bits per heavy atom. The molecule has 3 atom stereocenters. The Morgan fingerprint density at radius 1 is 1.33 bits per heavy atom. The molecular formula is C15H13Cl5N2O2. The number of Topliss-reactive ketones (excluding diaryl/α,β-unsaturated/α-hetero) is 1. The van der Waals surface area contributed by atoms with Crippen LogP contribution in [0.5, 0.6) is 0 Å². The van der Waals surface area contributed by atoms with Crippen LogP contribution in [-0.2, 0) is 0 Å². The Hall–Kier alpha value is -0.490. The van der Waals surface area contributed by atoms with Crippen molar-refractivity contribution in [3.8, 4) is 0 Å². The van der Waals surface area contributed by atoms with Crippen molar-refractivity contribution in [1.29, 1.82) is 0 Å². The van der Waals surface area contributed by atoms with Crippen LogP contribution in [0.3, 0.4) is 0 Å². The van der Waals surface area contributed by atoms with Crippen LogP contribution in [0.25, 0.3) is 0 Å². The maximum atomic E-state index is 13.0. The number of aliphatic hydroxyl groups is 1. The fraction of sp³-hybridized carbons (Fsp3) is 0.333. The zero-order valence-corrected chi connectivity index (χ0v) is 16.1.